The fourth-order valence-electron chi connectivity index (χ4n) is 3.99. The largest absolute Gasteiger partial charge is 0.325 e. The van der Waals surface area contributed by atoms with E-state index in [0.29, 0.717) is 29.0 Å². The van der Waals surface area contributed by atoms with Crippen LogP contribution in [-0.4, -0.2) is 21.2 Å². The lowest BCUT2D eigenvalue weighted by Gasteiger charge is -2.13. The minimum Gasteiger partial charge on any atom is -0.325 e. The van der Waals surface area contributed by atoms with E-state index in [1.807, 2.05) is 91.0 Å². The predicted molar refractivity (Wildman–Crippen MR) is 139 cm³/mol. The fraction of sp³-hybridized carbons (Fsp3) is 0.107. The van der Waals surface area contributed by atoms with Crippen LogP contribution in [0.3, 0.4) is 0 Å². The average molecular weight is 466 g/mol. The maximum absolute atomic E-state index is 13.3. The number of carbonyl (C=O) groups is 1. The summed E-state index contributed by atoms with van der Waals surface area (Å²) in [5, 5.41) is 6.20. The first-order valence-electron chi connectivity index (χ1n) is 11.1. The van der Waals surface area contributed by atoms with E-state index in [4.69, 9.17) is 4.98 Å². The number of thioether (sulfide) groups is 1. The van der Waals surface area contributed by atoms with Crippen LogP contribution >= 0.6 is 11.8 Å². The molecule has 0 saturated heterocycles. The predicted octanol–water partition coefficient (Wildman–Crippen LogP) is 5.52. The molecule has 0 aliphatic heterocycles. The van der Waals surface area contributed by atoms with Crippen LogP contribution in [0.4, 0.5) is 5.69 Å². The molecule has 0 radical (unpaired) electrons. The number of nitrogens with zero attached hydrogens (tertiary/aromatic N) is 2. The highest BCUT2D eigenvalue weighted by atomic mass is 32.2. The number of benzene rings is 4. The summed E-state index contributed by atoms with van der Waals surface area (Å²) in [7, 11) is 0. The van der Waals surface area contributed by atoms with Gasteiger partial charge in [0, 0.05) is 17.6 Å². The Morgan fingerprint density at radius 2 is 1.53 bits per heavy atom. The first kappa shape index (κ1) is 21.9. The van der Waals surface area contributed by atoms with E-state index in [1.165, 1.54) is 11.8 Å². The van der Waals surface area contributed by atoms with Crippen molar-refractivity contribution in [2.75, 3.05) is 11.1 Å². The van der Waals surface area contributed by atoms with Gasteiger partial charge in [0.05, 0.1) is 16.7 Å². The Bertz CT molecular complexity index is 1520. The molecule has 0 fully saturated rings. The van der Waals surface area contributed by atoms with E-state index < -0.39 is 0 Å². The van der Waals surface area contributed by atoms with Gasteiger partial charge in [-0.05, 0) is 35.6 Å². The van der Waals surface area contributed by atoms with Crippen molar-refractivity contribution < 1.29 is 4.79 Å². The summed E-state index contributed by atoms with van der Waals surface area (Å²) in [5.74, 6) is 0.0117. The van der Waals surface area contributed by atoms with Crippen molar-refractivity contribution in [1.29, 1.82) is 0 Å². The summed E-state index contributed by atoms with van der Waals surface area (Å²) in [6.07, 6.45) is 0.705. The number of hydrogen-bond donors (Lipinski definition) is 1. The van der Waals surface area contributed by atoms with Gasteiger partial charge in [-0.15, -0.1) is 0 Å². The molecule has 34 heavy (non-hydrogen) atoms. The van der Waals surface area contributed by atoms with Gasteiger partial charge in [-0.3, -0.25) is 14.2 Å². The second-order valence-electron chi connectivity index (χ2n) is 7.97. The highest BCUT2D eigenvalue weighted by Crippen LogP contribution is 2.24. The molecule has 0 aliphatic carbocycles. The molecule has 0 saturated carbocycles. The van der Waals surface area contributed by atoms with Crippen molar-refractivity contribution in [3.8, 4) is 0 Å². The number of hydrogen-bond acceptors (Lipinski definition) is 4. The molecule has 1 amide bonds. The summed E-state index contributed by atoms with van der Waals surface area (Å²) < 4.78 is 1.69. The van der Waals surface area contributed by atoms with Gasteiger partial charge in [-0.2, -0.15) is 0 Å². The van der Waals surface area contributed by atoms with Crippen LogP contribution in [0.15, 0.2) is 107 Å². The smallest absolute Gasteiger partial charge is 0.262 e. The van der Waals surface area contributed by atoms with Crippen molar-refractivity contribution in [3.05, 3.63) is 113 Å². The number of para-hydroxylation sites is 1. The quantitative estimate of drug-likeness (QED) is 0.254. The topological polar surface area (TPSA) is 64.0 Å². The summed E-state index contributed by atoms with van der Waals surface area (Å²) in [6, 6.07) is 31.2. The molecule has 1 N–H and O–H groups in total. The van der Waals surface area contributed by atoms with E-state index in [9.17, 15) is 9.59 Å². The van der Waals surface area contributed by atoms with Gasteiger partial charge in [-0.25, -0.2) is 4.98 Å². The Hall–Kier alpha value is -3.90. The third-order valence-electron chi connectivity index (χ3n) is 5.69. The van der Waals surface area contributed by atoms with Crippen molar-refractivity contribution in [2.45, 2.75) is 18.1 Å². The SMILES string of the molecule is O=C(CSc1nc2ccccc2c(=O)n1CCc1ccccc1)Nc1cccc2ccccc12. The van der Waals surface area contributed by atoms with Gasteiger partial charge in [0.2, 0.25) is 5.91 Å². The molecule has 6 heteroatoms. The lowest BCUT2D eigenvalue weighted by atomic mass is 10.1. The monoisotopic (exact) mass is 465 g/mol. The Balaban J connectivity index is 1.38. The molecule has 168 valence electrons. The Morgan fingerprint density at radius 1 is 0.824 bits per heavy atom. The standard InChI is InChI=1S/C28H23N3O2S/c32-26(29-24-16-8-12-21-11-4-5-13-22(21)24)19-34-28-30-25-15-7-6-14-23(25)27(33)31(28)18-17-20-9-2-1-3-10-20/h1-16H,17-19H2,(H,29,32). The van der Waals surface area contributed by atoms with Gasteiger partial charge in [0.15, 0.2) is 5.16 Å². The van der Waals surface area contributed by atoms with E-state index >= 15 is 0 Å². The third-order valence-corrected chi connectivity index (χ3v) is 6.67. The summed E-state index contributed by atoms with van der Waals surface area (Å²) in [6.45, 7) is 0.494. The van der Waals surface area contributed by atoms with Crippen LogP contribution in [0.25, 0.3) is 21.7 Å². The van der Waals surface area contributed by atoms with Gasteiger partial charge < -0.3 is 5.32 Å². The molecule has 5 nitrogen and oxygen atoms in total. The van der Waals surface area contributed by atoms with Crippen LogP contribution in [0.2, 0.25) is 0 Å². The minimum atomic E-state index is -0.140. The molecule has 4 aromatic carbocycles. The van der Waals surface area contributed by atoms with Crippen LogP contribution in [0, 0.1) is 0 Å². The van der Waals surface area contributed by atoms with E-state index in [0.717, 1.165) is 22.0 Å². The molecule has 1 heterocycles. The normalized spacial score (nSPS) is 11.1. The molecule has 0 unspecified atom stereocenters. The van der Waals surface area contributed by atoms with Crippen LogP contribution in [0.1, 0.15) is 5.56 Å². The number of nitrogens with one attached hydrogen (secondary N) is 1. The van der Waals surface area contributed by atoms with Gasteiger partial charge in [0.1, 0.15) is 0 Å². The number of rotatable bonds is 7. The summed E-state index contributed by atoms with van der Waals surface area (Å²) in [4.78, 5) is 30.8. The Labute approximate surface area is 201 Å². The maximum Gasteiger partial charge on any atom is 0.262 e. The molecule has 0 atom stereocenters. The van der Waals surface area contributed by atoms with Crippen molar-refractivity contribution in [3.63, 3.8) is 0 Å². The molecule has 1 aromatic heterocycles. The number of amides is 1. The molecule has 0 bridgehead atoms. The zero-order valence-corrected chi connectivity index (χ0v) is 19.3. The van der Waals surface area contributed by atoms with Gasteiger partial charge in [-0.1, -0.05) is 90.6 Å². The maximum atomic E-state index is 13.3. The van der Waals surface area contributed by atoms with Crippen LogP contribution in [0.5, 0.6) is 0 Å². The van der Waals surface area contributed by atoms with Crippen molar-refractivity contribution in [1.82, 2.24) is 9.55 Å². The Kier molecular flexibility index (Phi) is 6.40. The van der Waals surface area contributed by atoms with Gasteiger partial charge in [0.25, 0.3) is 5.56 Å². The first-order valence-corrected chi connectivity index (χ1v) is 12.1. The lowest BCUT2D eigenvalue weighted by molar-refractivity contribution is -0.113. The Morgan fingerprint density at radius 3 is 2.38 bits per heavy atom. The van der Waals surface area contributed by atoms with Crippen LogP contribution in [-0.2, 0) is 17.8 Å². The molecule has 5 rings (SSSR count). The second kappa shape index (κ2) is 9.93. The minimum absolute atomic E-state index is 0.0847. The van der Waals surface area contributed by atoms with Crippen molar-refractivity contribution >= 4 is 45.0 Å². The third kappa shape index (κ3) is 4.72. The number of carbonyl (C=O) groups excluding carboxylic acids is 1. The number of fused-ring (bicyclic) bond motifs is 2. The van der Waals surface area contributed by atoms with Gasteiger partial charge >= 0.3 is 0 Å². The lowest BCUT2D eigenvalue weighted by Crippen LogP contribution is -2.25. The van der Waals surface area contributed by atoms with E-state index in [2.05, 4.69) is 5.32 Å². The average Bonchev–Trinajstić information content (AvgIpc) is 2.88. The molecule has 0 aliphatic rings. The molecular formula is C28H23N3O2S. The summed E-state index contributed by atoms with van der Waals surface area (Å²) in [5.41, 5.74) is 2.47. The number of aryl methyl sites for hydroxylation is 1. The summed E-state index contributed by atoms with van der Waals surface area (Å²) >= 11 is 1.28. The highest BCUT2D eigenvalue weighted by molar-refractivity contribution is 7.99. The molecule has 0 spiro atoms. The van der Waals surface area contributed by atoms with E-state index in [1.54, 1.807) is 10.6 Å². The highest BCUT2D eigenvalue weighted by Gasteiger charge is 2.14. The van der Waals surface area contributed by atoms with Crippen molar-refractivity contribution in [2.24, 2.45) is 0 Å². The van der Waals surface area contributed by atoms with E-state index in [-0.39, 0.29) is 17.2 Å². The van der Waals surface area contributed by atoms with Crippen LogP contribution < -0.4 is 10.9 Å². The second-order valence-corrected chi connectivity index (χ2v) is 8.91. The fourth-order valence-corrected chi connectivity index (χ4v) is 4.82. The zero-order valence-electron chi connectivity index (χ0n) is 18.5. The molecular weight excluding hydrogens is 442 g/mol. The first-order chi connectivity index (χ1) is 16.7. The number of aromatic nitrogens is 2. The molecule has 5 aromatic rings. The number of anilines is 1. The zero-order chi connectivity index (χ0) is 23.3.